The summed E-state index contributed by atoms with van der Waals surface area (Å²) < 4.78 is 31.5. The number of hydrogen-bond donors (Lipinski definition) is 2. The highest BCUT2D eigenvalue weighted by Gasteiger charge is 2.26. The monoisotopic (exact) mass is 485 g/mol. The van der Waals surface area contributed by atoms with E-state index in [4.69, 9.17) is 0 Å². The maximum atomic E-state index is 13.1. The molecular weight excluding hydrogens is 458 g/mol. The van der Waals surface area contributed by atoms with Crippen LogP contribution in [0.1, 0.15) is 37.8 Å². The van der Waals surface area contributed by atoms with Gasteiger partial charge in [0.2, 0.25) is 0 Å². The minimum absolute atomic E-state index is 0.113. The Kier molecular flexibility index (Phi) is 6.47. The summed E-state index contributed by atoms with van der Waals surface area (Å²) in [7, 11) is -2.61. The summed E-state index contributed by atoms with van der Waals surface area (Å²) in [6.45, 7) is 1.62. The van der Waals surface area contributed by atoms with Gasteiger partial charge in [-0.3, -0.25) is 24.3 Å². The van der Waals surface area contributed by atoms with Crippen LogP contribution in [0.3, 0.4) is 0 Å². The summed E-state index contributed by atoms with van der Waals surface area (Å²) in [5.74, 6) is 0. The van der Waals surface area contributed by atoms with E-state index < -0.39 is 20.5 Å². The number of aromatic nitrogens is 2. The molecule has 1 aromatic heterocycles. The number of hydrogen-bond acceptors (Lipinski definition) is 6. The fraction of sp³-hybridized carbons (Fsp3) is 0.348. The van der Waals surface area contributed by atoms with Crippen molar-refractivity contribution in [1.82, 2.24) is 9.36 Å². The molecule has 180 valence electrons. The highest BCUT2D eigenvalue weighted by Crippen LogP contribution is 2.31. The van der Waals surface area contributed by atoms with Gasteiger partial charge < -0.3 is 5.32 Å². The van der Waals surface area contributed by atoms with Gasteiger partial charge in [0.1, 0.15) is 11.4 Å². The van der Waals surface area contributed by atoms with Gasteiger partial charge in [-0.05, 0) is 44.0 Å². The summed E-state index contributed by atoms with van der Waals surface area (Å²) >= 11 is 0. The molecule has 4 rings (SSSR count). The number of benzene rings is 2. The third-order valence-corrected chi connectivity index (χ3v) is 7.58. The molecule has 0 saturated heterocycles. The Labute approximate surface area is 197 Å². The zero-order valence-corrected chi connectivity index (χ0v) is 19.8. The first-order valence-corrected chi connectivity index (χ1v) is 12.6. The fourth-order valence-electron chi connectivity index (χ4n) is 4.30. The van der Waals surface area contributed by atoms with E-state index in [0.29, 0.717) is 11.4 Å². The van der Waals surface area contributed by atoms with Crippen LogP contribution in [0, 0.1) is 17.0 Å². The van der Waals surface area contributed by atoms with Crippen molar-refractivity contribution in [3.05, 3.63) is 74.7 Å². The summed E-state index contributed by atoms with van der Waals surface area (Å²) in [6, 6.07) is 12.7. The maximum absolute atomic E-state index is 13.1. The highest BCUT2D eigenvalue weighted by molar-refractivity contribution is 7.92. The first-order valence-electron chi connectivity index (χ1n) is 11.1. The molecule has 1 fully saturated rings. The molecule has 0 spiro atoms. The summed E-state index contributed by atoms with van der Waals surface area (Å²) in [5, 5.41) is 14.9. The van der Waals surface area contributed by atoms with E-state index in [9.17, 15) is 23.3 Å². The lowest BCUT2D eigenvalue weighted by atomic mass is 9.95. The maximum Gasteiger partial charge on any atom is 0.296 e. The lowest BCUT2D eigenvalue weighted by Gasteiger charge is -2.23. The van der Waals surface area contributed by atoms with E-state index in [2.05, 4.69) is 10.0 Å². The summed E-state index contributed by atoms with van der Waals surface area (Å²) in [5.41, 5.74) is 0.302. The van der Waals surface area contributed by atoms with E-state index in [1.807, 2.05) is 6.07 Å². The number of nitro benzene ring substituents is 1. The molecule has 34 heavy (non-hydrogen) atoms. The van der Waals surface area contributed by atoms with Crippen LogP contribution in [0.15, 0.2) is 58.2 Å². The molecule has 11 heteroatoms. The second-order valence-electron chi connectivity index (χ2n) is 8.46. The van der Waals surface area contributed by atoms with Gasteiger partial charge in [0.05, 0.1) is 21.2 Å². The molecule has 0 atom stereocenters. The van der Waals surface area contributed by atoms with Crippen molar-refractivity contribution in [1.29, 1.82) is 0 Å². The first kappa shape index (κ1) is 23.6. The van der Waals surface area contributed by atoms with Crippen molar-refractivity contribution in [2.24, 2.45) is 7.05 Å². The molecule has 10 nitrogen and oxygen atoms in total. The van der Waals surface area contributed by atoms with E-state index >= 15 is 0 Å². The van der Waals surface area contributed by atoms with Crippen molar-refractivity contribution in [3.63, 3.8) is 0 Å². The van der Waals surface area contributed by atoms with Crippen molar-refractivity contribution >= 4 is 27.1 Å². The lowest BCUT2D eigenvalue weighted by molar-refractivity contribution is -0.384. The topological polar surface area (TPSA) is 128 Å². The predicted octanol–water partition coefficient (Wildman–Crippen LogP) is 3.94. The molecule has 0 unspecified atom stereocenters. The molecule has 3 aromatic rings. The zero-order valence-electron chi connectivity index (χ0n) is 19.0. The third-order valence-electron chi connectivity index (χ3n) is 6.23. The van der Waals surface area contributed by atoms with Crippen LogP contribution in [0.5, 0.6) is 0 Å². The van der Waals surface area contributed by atoms with Gasteiger partial charge in [0.15, 0.2) is 0 Å². The van der Waals surface area contributed by atoms with Crippen LogP contribution in [0.2, 0.25) is 0 Å². The smallest absolute Gasteiger partial charge is 0.296 e. The Morgan fingerprint density at radius 1 is 1.06 bits per heavy atom. The standard InChI is InChI=1S/C23H27N5O5S/c1-16-22(23(29)27(26(16)2)18-11-7-4-8-12-18)25-34(32,33)19-13-14-20(21(15-19)28(30)31)24-17-9-5-3-6-10-17/h4,7-8,11-15,17,24-25H,3,5-6,9-10H2,1-2H3. The highest BCUT2D eigenvalue weighted by atomic mass is 32.2. The number of anilines is 2. The Bertz CT molecular complexity index is 1370. The van der Waals surface area contributed by atoms with Crippen LogP contribution < -0.4 is 15.6 Å². The van der Waals surface area contributed by atoms with Crippen molar-refractivity contribution in [3.8, 4) is 5.69 Å². The van der Waals surface area contributed by atoms with Gasteiger partial charge in [-0.2, -0.15) is 0 Å². The Morgan fingerprint density at radius 3 is 2.38 bits per heavy atom. The molecule has 2 N–H and O–H groups in total. The molecule has 1 saturated carbocycles. The second-order valence-corrected chi connectivity index (χ2v) is 10.1. The quantitative estimate of drug-likeness (QED) is 0.385. The van der Waals surface area contributed by atoms with Crippen LogP contribution in [0.25, 0.3) is 5.69 Å². The minimum Gasteiger partial charge on any atom is -0.377 e. The number of rotatable bonds is 7. The van der Waals surface area contributed by atoms with Crippen molar-refractivity contribution in [2.45, 2.75) is 50.0 Å². The van der Waals surface area contributed by atoms with Crippen LogP contribution >= 0.6 is 0 Å². The summed E-state index contributed by atoms with van der Waals surface area (Å²) in [4.78, 5) is 23.9. The SMILES string of the molecule is Cc1c(NS(=O)(=O)c2ccc(NC3CCCCC3)c([N+](=O)[O-])c2)c(=O)n(-c2ccccc2)n1C. The van der Waals surface area contributed by atoms with Crippen LogP contribution in [-0.4, -0.2) is 28.7 Å². The van der Waals surface area contributed by atoms with Crippen molar-refractivity contribution < 1.29 is 13.3 Å². The number of nitrogens with zero attached hydrogens (tertiary/aromatic N) is 3. The Hall–Kier alpha value is -3.60. The van der Waals surface area contributed by atoms with E-state index in [-0.39, 0.29) is 28.0 Å². The number of nitro groups is 1. The molecule has 0 amide bonds. The molecule has 2 aromatic carbocycles. The molecule has 0 bridgehead atoms. The summed E-state index contributed by atoms with van der Waals surface area (Å²) in [6.07, 6.45) is 5.09. The average Bonchev–Trinajstić information content (AvgIpc) is 3.03. The molecule has 0 radical (unpaired) electrons. The Balaban J connectivity index is 1.67. The molecule has 1 heterocycles. The molecule has 0 aliphatic heterocycles. The van der Waals surface area contributed by atoms with Gasteiger partial charge >= 0.3 is 0 Å². The van der Waals surface area contributed by atoms with Crippen LogP contribution in [-0.2, 0) is 17.1 Å². The molecular formula is C23H27N5O5S. The minimum atomic E-state index is -4.26. The van der Waals surface area contributed by atoms with Crippen molar-refractivity contribution in [2.75, 3.05) is 10.0 Å². The third kappa shape index (κ3) is 4.56. The average molecular weight is 486 g/mol. The number of nitrogens with one attached hydrogen (secondary N) is 2. The van der Waals surface area contributed by atoms with Gasteiger partial charge in [-0.15, -0.1) is 0 Å². The van der Waals surface area contributed by atoms with Crippen LogP contribution in [0.4, 0.5) is 17.1 Å². The zero-order chi connectivity index (χ0) is 24.5. The number of para-hydroxylation sites is 1. The molecule has 1 aliphatic carbocycles. The molecule has 1 aliphatic rings. The Morgan fingerprint density at radius 2 is 1.74 bits per heavy atom. The first-order chi connectivity index (χ1) is 16.2. The fourth-order valence-corrected chi connectivity index (χ4v) is 5.43. The number of sulfonamides is 1. The largest absolute Gasteiger partial charge is 0.377 e. The normalized spacial score (nSPS) is 14.6. The van der Waals surface area contributed by atoms with Gasteiger partial charge in [0, 0.05) is 19.2 Å². The van der Waals surface area contributed by atoms with E-state index in [0.717, 1.165) is 38.2 Å². The van der Waals surface area contributed by atoms with Gasteiger partial charge in [0.25, 0.3) is 21.3 Å². The predicted molar refractivity (Wildman–Crippen MR) is 130 cm³/mol. The van der Waals surface area contributed by atoms with E-state index in [1.54, 1.807) is 42.9 Å². The lowest BCUT2D eigenvalue weighted by Crippen LogP contribution is -2.24. The van der Waals surface area contributed by atoms with Gasteiger partial charge in [-0.1, -0.05) is 37.5 Å². The second kappa shape index (κ2) is 9.34. The van der Waals surface area contributed by atoms with Gasteiger partial charge in [-0.25, -0.2) is 13.1 Å². The van der Waals surface area contributed by atoms with E-state index in [1.165, 1.54) is 16.8 Å².